The minimum Gasteiger partial charge on any atom is -0.381 e. The molecule has 2 N–H and O–H groups in total. The zero-order chi connectivity index (χ0) is 18.1. The number of benzene rings is 2. The van der Waals surface area contributed by atoms with Crippen molar-refractivity contribution in [3.8, 4) is 0 Å². The van der Waals surface area contributed by atoms with E-state index in [0.29, 0.717) is 16.9 Å². The monoisotopic (exact) mass is 353 g/mol. The lowest BCUT2D eigenvalue weighted by molar-refractivity contribution is -0.542. The van der Waals surface area contributed by atoms with Gasteiger partial charge in [-0.1, -0.05) is 24.6 Å². The fraction of sp³-hybridized carbons (Fsp3) is 0.368. The molecule has 1 saturated carbocycles. The van der Waals surface area contributed by atoms with Gasteiger partial charge in [0.1, 0.15) is 5.69 Å². The summed E-state index contributed by atoms with van der Waals surface area (Å²) in [4.78, 5) is 24.1. The van der Waals surface area contributed by atoms with E-state index in [4.69, 9.17) is 0 Å². The van der Waals surface area contributed by atoms with E-state index in [1.54, 1.807) is 6.07 Å². The average molecular weight is 353 g/mol. The number of nitrogens with one attached hydrogen (secondary N) is 2. The molecule has 4 rings (SSSR count). The van der Waals surface area contributed by atoms with Crippen molar-refractivity contribution < 1.29 is 9.68 Å². The first-order chi connectivity index (χ1) is 12.6. The average Bonchev–Trinajstić information content (AvgIpc) is 2.93. The van der Waals surface area contributed by atoms with Crippen molar-refractivity contribution in [2.75, 3.05) is 10.6 Å². The largest absolute Gasteiger partial charge is 0.381 e. The molecule has 0 radical (unpaired) electrons. The Morgan fingerprint density at radius 2 is 1.85 bits per heavy atom. The van der Waals surface area contributed by atoms with E-state index in [2.05, 4.69) is 10.6 Å². The molecular weight excluding hydrogens is 332 g/mol. The SMILES string of the molecule is O=[N+]([O-])c1ccc2c(c1CNc1ccccc1)NC1(CCCCC1)[N+]2=O. The fourth-order valence-electron chi connectivity index (χ4n) is 4.01. The maximum Gasteiger partial charge on any atom is 0.290 e. The molecule has 1 aliphatic heterocycles. The predicted octanol–water partition coefficient (Wildman–Crippen LogP) is 4.70. The van der Waals surface area contributed by atoms with Crippen molar-refractivity contribution in [2.45, 2.75) is 44.3 Å². The molecule has 2 aromatic rings. The number of nitro benzene ring substituents is 1. The molecule has 1 fully saturated rings. The van der Waals surface area contributed by atoms with Crippen LogP contribution < -0.4 is 10.6 Å². The first kappa shape index (κ1) is 16.5. The van der Waals surface area contributed by atoms with E-state index in [9.17, 15) is 15.0 Å². The molecule has 134 valence electrons. The number of nitro groups is 1. The number of anilines is 2. The number of nitroso groups, excluding NO2 is 1. The van der Waals surface area contributed by atoms with Gasteiger partial charge in [-0.05, 0) is 25.0 Å². The molecule has 1 heterocycles. The Labute approximate surface area is 151 Å². The summed E-state index contributed by atoms with van der Waals surface area (Å²) in [6, 6.07) is 12.5. The maximum atomic E-state index is 12.9. The second kappa shape index (κ2) is 6.40. The van der Waals surface area contributed by atoms with Crippen LogP contribution in [0.5, 0.6) is 0 Å². The Morgan fingerprint density at radius 1 is 1.12 bits per heavy atom. The first-order valence-corrected chi connectivity index (χ1v) is 8.95. The van der Waals surface area contributed by atoms with Crippen LogP contribution in [0.2, 0.25) is 0 Å². The van der Waals surface area contributed by atoms with Gasteiger partial charge < -0.3 is 10.6 Å². The minimum absolute atomic E-state index is 0.0286. The number of hydrogen-bond donors (Lipinski definition) is 2. The second-order valence-electron chi connectivity index (χ2n) is 6.95. The lowest BCUT2D eigenvalue weighted by atomic mass is 9.89. The zero-order valence-corrected chi connectivity index (χ0v) is 14.4. The third kappa shape index (κ3) is 2.69. The Morgan fingerprint density at radius 3 is 2.54 bits per heavy atom. The molecule has 1 spiro atoms. The predicted molar refractivity (Wildman–Crippen MR) is 99.6 cm³/mol. The van der Waals surface area contributed by atoms with Crippen molar-refractivity contribution in [3.63, 3.8) is 0 Å². The molecule has 26 heavy (non-hydrogen) atoms. The Balaban J connectivity index is 1.71. The van der Waals surface area contributed by atoms with Gasteiger partial charge in [0.2, 0.25) is 0 Å². The smallest absolute Gasteiger partial charge is 0.290 e. The van der Waals surface area contributed by atoms with Gasteiger partial charge in [0.15, 0.2) is 0 Å². The van der Waals surface area contributed by atoms with Gasteiger partial charge >= 0.3 is 0 Å². The summed E-state index contributed by atoms with van der Waals surface area (Å²) >= 11 is 0. The number of hydrogen-bond acceptors (Lipinski definition) is 5. The standard InChI is InChI=1S/C19H21N4O3/c24-22-17-10-9-16(23(25)26)15(13-20-14-7-3-1-4-8-14)18(17)21-19(22)11-5-2-6-12-19/h1,3-4,7-10,20-21H,2,5-6,11-13H2/q+1. The van der Waals surface area contributed by atoms with E-state index in [-0.39, 0.29) is 17.2 Å². The van der Waals surface area contributed by atoms with Crippen molar-refractivity contribution in [2.24, 2.45) is 0 Å². The van der Waals surface area contributed by atoms with Crippen LogP contribution in [0.25, 0.3) is 0 Å². The fourth-order valence-corrected chi connectivity index (χ4v) is 4.01. The summed E-state index contributed by atoms with van der Waals surface area (Å²) in [6.45, 7) is 0.278. The van der Waals surface area contributed by atoms with Gasteiger partial charge in [0.25, 0.3) is 17.0 Å². The van der Waals surface area contributed by atoms with Crippen molar-refractivity contribution in [1.82, 2.24) is 0 Å². The molecular formula is C19H21N4O3+. The highest BCUT2D eigenvalue weighted by atomic mass is 16.6. The van der Waals surface area contributed by atoms with Crippen LogP contribution in [-0.2, 0) is 6.54 Å². The topological polar surface area (TPSA) is 87.3 Å². The quantitative estimate of drug-likeness (QED) is 0.472. The lowest BCUT2D eigenvalue weighted by Gasteiger charge is -2.25. The van der Waals surface area contributed by atoms with E-state index < -0.39 is 5.66 Å². The first-order valence-electron chi connectivity index (χ1n) is 8.95. The molecule has 0 amide bonds. The summed E-state index contributed by atoms with van der Waals surface area (Å²) in [7, 11) is 0. The molecule has 1 aliphatic carbocycles. The van der Waals surface area contributed by atoms with E-state index >= 15 is 0 Å². The summed E-state index contributed by atoms with van der Waals surface area (Å²) in [5.74, 6) is 0. The summed E-state index contributed by atoms with van der Waals surface area (Å²) in [6.07, 6.45) is 4.60. The lowest BCUT2D eigenvalue weighted by Crippen LogP contribution is -2.43. The van der Waals surface area contributed by atoms with Crippen LogP contribution in [0.15, 0.2) is 42.5 Å². The second-order valence-corrected chi connectivity index (χ2v) is 6.95. The summed E-state index contributed by atoms with van der Waals surface area (Å²) in [5, 5.41) is 18.1. The van der Waals surface area contributed by atoms with Crippen LogP contribution in [0, 0.1) is 15.0 Å². The molecule has 0 unspecified atom stereocenters. The number of para-hydroxylation sites is 1. The van der Waals surface area contributed by atoms with Crippen molar-refractivity contribution in [1.29, 1.82) is 0 Å². The van der Waals surface area contributed by atoms with Gasteiger partial charge in [-0.25, -0.2) is 0 Å². The molecule has 0 bridgehead atoms. The van der Waals surface area contributed by atoms with E-state index in [1.165, 1.54) is 6.07 Å². The molecule has 0 atom stereocenters. The van der Waals surface area contributed by atoms with Gasteiger partial charge in [-0.3, -0.25) is 10.1 Å². The highest BCUT2D eigenvalue weighted by molar-refractivity contribution is 5.75. The van der Waals surface area contributed by atoms with Crippen LogP contribution in [0.3, 0.4) is 0 Å². The van der Waals surface area contributed by atoms with Crippen LogP contribution in [0.1, 0.15) is 37.7 Å². The minimum atomic E-state index is -0.655. The Bertz CT molecular complexity index is 861. The van der Waals surface area contributed by atoms with Crippen LogP contribution in [0.4, 0.5) is 22.7 Å². The number of nitrogens with zero attached hydrogens (tertiary/aromatic N) is 2. The molecule has 0 saturated heterocycles. The van der Waals surface area contributed by atoms with Crippen molar-refractivity contribution >= 4 is 22.7 Å². The highest BCUT2D eigenvalue weighted by Crippen LogP contribution is 2.48. The maximum absolute atomic E-state index is 12.9. The van der Waals surface area contributed by atoms with Gasteiger partial charge in [0, 0.05) is 42.1 Å². The van der Waals surface area contributed by atoms with Gasteiger partial charge in [-0.2, -0.15) is 0 Å². The Hall–Kier alpha value is -2.96. The zero-order valence-electron chi connectivity index (χ0n) is 14.4. The number of rotatable bonds is 4. The normalized spacial score (nSPS) is 17.6. The van der Waals surface area contributed by atoms with Crippen LogP contribution >= 0.6 is 0 Å². The molecule has 2 aromatic carbocycles. The van der Waals surface area contributed by atoms with Crippen LogP contribution in [-0.4, -0.2) is 15.3 Å². The van der Waals surface area contributed by atoms with Gasteiger partial charge in [-0.15, -0.1) is 0 Å². The van der Waals surface area contributed by atoms with E-state index in [1.807, 2.05) is 30.3 Å². The van der Waals surface area contributed by atoms with E-state index in [0.717, 1.165) is 42.6 Å². The highest BCUT2D eigenvalue weighted by Gasteiger charge is 2.55. The van der Waals surface area contributed by atoms with Gasteiger partial charge in [0.05, 0.1) is 15.2 Å². The molecule has 2 aliphatic rings. The molecule has 0 aromatic heterocycles. The molecule has 7 heteroatoms. The third-order valence-corrected chi connectivity index (χ3v) is 5.35. The summed E-state index contributed by atoms with van der Waals surface area (Å²) < 4.78 is 1.04. The Kier molecular flexibility index (Phi) is 4.06. The van der Waals surface area contributed by atoms with Crippen molar-refractivity contribution in [3.05, 3.63) is 63.0 Å². The third-order valence-electron chi connectivity index (χ3n) is 5.35. The molecule has 7 nitrogen and oxygen atoms in total. The summed E-state index contributed by atoms with van der Waals surface area (Å²) in [5.41, 5.74) is 1.88. The number of fused-ring (bicyclic) bond motifs is 1.